The number of aldehydes is 1. The Hall–Kier alpha value is -1.24. The molecule has 1 saturated heterocycles. The summed E-state index contributed by atoms with van der Waals surface area (Å²) < 4.78 is 4.75. The molecule has 2 heterocycles. The fourth-order valence-corrected chi connectivity index (χ4v) is 2.21. The van der Waals surface area contributed by atoms with Crippen LogP contribution in [-0.4, -0.2) is 36.2 Å². The number of carbonyl (C=O) groups is 1. The van der Waals surface area contributed by atoms with Crippen molar-refractivity contribution >= 4 is 23.9 Å². The average Bonchev–Trinajstić information content (AvgIpc) is 2.61. The second-order valence-corrected chi connectivity index (χ2v) is 4.12. The van der Waals surface area contributed by atoms with E-state index in [9.17, 15) is 4.79 Å². The van der Waals surface area contributed by atoms with Crippen molar-refractivity contribution in [3.63, 3.8) is 0 Å². The largest absolute Gasteiger partial charge is 0.370 e. The molecule has 0 radical (unpaired) electrons. The van der Waals surface area contributed by atoms with Crippen LogP contribution < -0.4 is 15.5 Å². The van der Waals surface area contributed by atoms with E-state index < -0.39 is 0 Å². The van der Waals surface area contributed by atoms with Gasteiger partial charge < -0.3 is 5.73 Å². The number of carbonyl (C=O) groups excluding carboxylic acids is 1. The molecular weight excluding hydrogens is 204 g/mol. The van der Waals surface area contributed by atoms with E-state index in [2.05, 4.69) is 5.27 Å². The van der Waals surface area contributed by atoms with E-state index in [1.807, 2.05) is 16.8 Å². The quantitative estimate of drug-likeness (QED) is 0.506. The summed E-state index contributed by atoms with van der Waals surface area (Å²) in [6.45, 7) is 1.70. The van der Waals surface area contributed by atoms with Gasteiger partial charge in [-0.25, -0.2) is 0 Å². The molecule has 1 aliphatic heterocycles. The fraction of sp³-hybridized carbons (Fsp3) is 0.571. The van der Waals surface area contributed by atoms with Crippen LogP contribution in [0.5, 0.6) is 0 Å². The molecule has 0 saturated carbocycles. The maximum absolute atomic E-state index is 10.7. The summed E-state index contributed by atoms with van der Waals surface area (Å²) in [7, 11) is 0. The zero-order valence-electron chi connectivity index (χ0n) is 7.55. The van der Waals surface area contributed by atoms with Crippen molar-refractivity contribution in [2.45, 2.75) is 0 Å². The van der Waals surface area contributed by atoms with Crippen LogP contribution in [0, 0.1) is 0 Å². The van der Waals surface area contributed by atoms with Gasteiger partial charge in [-0.2, -0.15) is 16.8 Å². The third-order valence-corrected chi connectivity index (χ3v) is 2.99. The van der Waals surface area contributed by atoms with Crippen molar-refractivity contribution in [1.29, 1.82) is 0 Å². The van der Waals surface area contributed by atoms with Gasteiger partial charge in [-0.15, -0.1) is 0 Å². The Balaban J connectivity index is 2.25. The fourth-order valence-electron chi connectivity index (χ4n) is 1.32. The van der Waals surface area contributed by atoms with Gasteiger partial charge in [-0.3, -0.25) is 9.32 Å². The highest BCUT2D eigenvalue weighted by molar-refractivity contribution is 7.99. The van der Waals surface area contributed by atoms with Crippen LogP contribution in [0.25, 0.3) is 0 Å². The Labute approximate surface area is 85.0 Å². The van der Waals surface area contributed by atoms with Crippen LogP contribution in [-0.2, 0) is 0 Å². The van der Waals surface area contributed by atoms with Crippen molar-refractivity contribution in [2.24, 2.45) is 0 Å². The highest BCUT2D eigenvalue weighted by Crippen LogP contribution is 2.07. The minimum absolute atomic E-state index is 0.0678. The van der Waals surface area contributed by atoms with Gasteiger partial charge in [0.1, 0.15) is 0 Å². The predicted octanol–water partition coefficient (Wildman–Crippen LogP) is -0.958. The summed E-state index contributed by atoms with van der Waals surface area (Å²) in [5, 5.41) is 5.66. The summed E-state index contributed by atoms with van der Waals surface area (Å²) in [5.41, 5.74) is 5.73. The maximum atomic E-state index is 10.7. The molecule has 1 aliphatic rings. The first-order valence-electron chi connectivity index (χ1n) is 4.28. The number of rotatable bonds is 2. The number of hydrogen-bond acceptors (Lipinski definition) is 6. The maximum Gasteiger partial charge on any atom is 0.370 e. The molecule has 1 fully saturated rings. The topological polar surface area (TPSA) is 76.2 Å². The van der Waals surface area contributed by atoms with E-state index in [0.29, 0.717) is 6.29 Å². The standard InChI is InChI=1S/C7H10N4O2S/c8-7-6(5-12)11(9-13-7)10-1-3-14-4-2-10/h5H,1-4H2,(H-,8,9,12)/p+1. The van der Waals surface area contributed by atoms with Crippen molar-refractivity contribution in [3.8, 4) is 0 Å². The summed E-state index contributed by atoms with van der Waals surface area (Å²) in [6.07, 6.45) is 0.660. The predicted molar refractivity (Wildman–Crippen MR) is 51.8 cm³/mol. The lowest BCUT2D eigenvalue weighted by atomic mass is 10.5. The van der Waals surface area contributed by atoms with Crippen LogP contribution >= 0.6 is 11.8 Å². The first-order chi connectivity index (χ1) is 6.83. The van der Waals surface area contributed by atoms with E-state index in [1.54, 1.807) is 0 Å². The van der Waals surface area contributed by atoms with Gasteiger partial charge in [0.2, 0.25) is 11.6 Å². The number of hydrogen-bond donors (Lipinski definition) is 1. The average molecular weight is 215 g/mol. The van der Waals surface area contributed by atoms with Gasteiger partial charge in [0, 0.05) is 11.5 Å². The minimum Gasteiger partial charge on any atom is -0.361 e. The summed E-state index contributed by atoms with van der Waals surface area (Å²) >= 11 is 1.88. The molecule has 0 aromatic carbocycles. The van der Waals surface area contributed by atoms with Crippen molar-refractivity contribution in [1.82, 2.24) is 5.27 Å². The number of nitrogen functional groups attached to an aromatic ring is 1. The summed E-state index contributed by atoms with van der Waals surface area (Å²) in [4.78, 5) is 12.2. The van der Waals surface area contributed by atoms with Crippen LogP contribution in [0.2, 0.25) is 0 Å². The Kier molecular flexibility index (Phi) is 2.58. The van der Waals surface area contributed by atoms with Gasteiger partial charge in [-0.05, 0) is 0 Å². The lowest BCUT2D eigenvalue weighted by Crippen LogP contribution is -2.63. The third-order valence-electron chi connectivity index (χ3n) is 2.05. The van der Waals surface area contributed by atoms with E-state index in [0.717, 1.165) is 24.6 Å². The third kappa shape index (κ3) is 1.54. The Bertz CT molecular complexity index is 334. The molecule has 14 heavy (non-hydrogen) atoms. The van der Waals surface area contributed by atoms with E-state index in [1.165, 1.54) is 4.79 Å². The number of nitrogens with two attached hydrogens (primary N) is 1. The SMILES string of the molecule is Nc1on[n+](N2CCSCC2)c1C=O. The van der Waals surface area contributed by atoms with Crippen molar-refractivity contribution < 1.29 is 14.1 Å². The molecule has 0 spiro atoms. The molecule has 76 valence electrons. The smallest absolute Gasteiger partial charge is 0.361 e. The number of anilines is 1. The van der Waals surface area contributed by atoms with Gasteiger partial charge in [0.15, 0.2) is 0 Å². The monoisotopic (exact) mass is 215 g/mol. The molecular formula is C7H11N4O2S+. The highest BCUT2D eigenvalue weighted by Gasteiger charge is 2.29. The van der Waals surface area contributed by atoms with E-state index in [-0.39, 0.29) is 11.6 Å². The first-order valence-corrected chi connectivity index (χ1v) is 5.44. The van der Waals surface area contributed by atoms with Gasteiger partial charge in [-0.1, -0.05) is 0 Å². The first kappa shape index (κ1) is 9.32. The van der Waals surface area contributed by atoms with Gasteiger partial charge in [0.05, 0.1) is 17.9 Å². The van der Waals surface area contributed by atoms with Crippen molar-refractivity contribution in [2.75, 3.05) is 35.3 Å². The lowest BCUT2D eigenvalue weighted by Gasteiger charge is -2.18. The molecule has 1 aromatic heterocycles. The van der Waals surface area contributed by atoms with Gasteiger partial charge >= 0.3 is 11.6 Å². The minimum atomic E-state index is 0.0678. The molecule has 7 heteroatoms. The second kappa shape index (κ2) is 3.87. The van der Waals surface area contributed by atoms with Gasteiger partial charge in [0.25, 0.3) is 0 Å². The normalized spacial score (nSPS) is 17.0. The molecule has 0 amide bonds. The molecule has 2 rings (SSSR count). The molecule has 0 atom stereocenters. The lowest BCUT2D eigenvalue weighted by molar-refractivity contribution is -0.758. The molecule has 0 bridgehead atoms. The molecule has 2 N–H and O–H groups in total. The molecule has 6 nitrogen and oxygen atoms in total. The Morgan fingerprint density at radius 3 is 2.93 bits per heavy atom. The van der Waals surface area contributed by atoms with Crippen LogP contribution in [0.3, 0.4) is 0 Å². The van der Waals surface area contributed by atoms with Crippen LogP contribution in [0.1, 0.15) is 10.5 Å². The second-order valence-electron chi connectivity index (χ2n) is 2.90. The van der Waals surface area contributed by atoms with Crippen LogP contribution in [0.15, 0.2) is 4.52 Å². The number of thioether (sulfide) groups is 1. The highest BCUT2D eigenvalue weighted by atomic mass is 32.2. The van der Waals surface area contributed by atoms with Crippen molar-refractivity contribution in [3.05, 3.63) is 5.69 Å². The Morgan fingerprint density at radius 1 is 1.57 bits per heavy atom. The molecule has 0 unspecified atom stereocenters. The zero-order chi connectivity index (χ0) is 9.97. The van der Waals surface area contributed by atoms with E-state index in [4.69, 9.17) is 10.3 Å². The summed E-state index contributed by atoms with van der Waals surface area (Å²) in [6, 6.07) is 0. The Morgan fingerprint density at radius 2 is 2.29 bits per heavy atom. The number of aromatic nitrogens is 2. The molecule has 0 aliphatic carbocycles. The van der Waals surface area contributed by atoms with Crippen LogP contribution in [0.4, 0.5) is 5.88 Å². The van der Waals surface area contributed by atoms with E-state index >= 15 is 0 Å². The number of nitrogens with zero attached hydrogens (tertiary/aromatic N) is 3. The summed E-state index contributed by atoms with van der Waals surface area (Å²) in [5.74, 6) is 2.12. The zero-order valence-corrected chi connectivity index (χ0v) is 8.37. The molecule has 1 aromatic rings.